The lowest BCUT2D eigenvalue weighted by atomic mass is 10.1. The van der Waals surface area contributed by atoms with Crippen LogP contribution in [0.1, 0.15) is 33.1 Å². The second-order valence-corrected chi connectivity index (χ2v) is 3.21. The molecule has 0 aliphatic heterocycles. The summed E-state index contributed by atoms with van der Waals surface area (Å²) in [5.74, 6) is -0.864. The fourth-order valence-corrected chi connectivity index (χ4v) is 1.08. The molecule has 0 fully saturated rings. The Morgan fingerprint density at radius 2 is 2.14 bits per heavy atom. The van der Waals surface area contributed by atoms with Crippen LogP contribution in [-0.4, -0.2) is 11.1 Å². The number of carbonyl (C=O) groups is 1. The monoisotopic (exact) mass is 194 g/mol. The van der Waals surface area contributed by atoms with Crippen LogP contribution in [0.4, 0.5) is 0 Å². The Hall–Kier alpha value is -1.31. The number of allylic oxidation sites excluding steroid dienone is 4. The van der Waals surface area contributed by atoms with Gasteiger partial charge < -0.3 is 5.11 Å². The van der Waals surface area contributed by atoms with Gasteiger partial charge in [0.1, 0.15) is 0 Å². The summed E-state index contributed by atoms with van der Waals surface area (Å²) in [7, 11) is 0. The molecule has 0 aromatic rings. The van der Waals surface area contributed by atoms with Crippen molar-refractivity contribution >= 4 is 5.97 Å². The van der Waals surface area contributed by atoms with Crippen molar-refractivity contribution in [2.45, 2.75) is 33.1 Å². The number of hydrogen-bond donors (Lipinski definition) is 1. The van der Waals surface area contributed by atoms with Crippen molar-refractivity contribution < 1.29 is 9.90 Å². The normalized spacial score (nSPS) is 12.7. The maximum Gasteiger partial charge on any atom is 0.331 e. The topological polar surface area (TPSA) is 37.3 Å². The van der Waals surface area contributed by atoms with Crippen molar-refractivity contribution in [1.29, 1.82) is 0 Å². The molecule has 0 unspecified atom stereocenters. The summed E-state index contributed by atoms with van der Waals surface area (Å²) in [5, 5.41) is 8.70. The van der Waals surface area contributed by atoms with E-state index in [0.717, 1.165) is 24.8 Å². The van der Waals surface area contributed by atoms with Crippen molar-refractivity contribution in [2.75, 3.05) is 0 Å². The van der Waals surface area contributed by atoms with E-state index in [2.05, 4.69) is 13.5 Å². The van der Waals surface area contributed by atoms with E-state index in [4.69, 9.17) is 5.11 Å². The van der Waals surface area contributed by atoms with Gasteiger partial charge in [-0.05, 0) is 31.4 Å². The van der Waals surface area contributed by atoms with Crippen LogP contribution in [0.25, 0.3) is 0 Å². The van der Waals surface area contributed by atoms with Gasteiger partial charge in [-0.15, -0.1) is 0 Å². The molecule has 0 saturated carbocycles. The smallest absolute Gasteiger partial charge is 0.331 e. The molecule has 2 nitrogen and oxygen atoms in total. The van der Waals surface area contributed by atoms with Crippen LogP contribution >= 0.6 is 0 Å². The minimum Gasteiger partial charge on any atom is -0.478 e. The van der Waals surface area contributed by atoms with Crippen LogP contribution in [0.2, 0.25) is 0 Å². The third-order valence-corrected chi connectivity index (χ3v) is 1.89. The molecule has 0 aliphatic carbocycles. The molecule has 2 heteroatoms. The lowest BCUT2D eigenvalue weighted by Crippen LogP contribution is -1.96. The summed E-state index contributed by atoms with van der Waals surface area (Å²) in [4.78, 5) is 10.6. The molecule has 0 aromatic heterocycles. The molecule has 0 radical (unpaired) electrons. The van der Waals surface area contributed by atoms with Crippen LogP contribution in [-0.2, 0) is 4.79 Å². The van der Waals surface area contributed by atoms with Crippen molar-refractivity contribution in [1.82, 2.24) is 0 Å². The molecule has 1 N–H and O–H groups in total. The first-order valence-electron chi connectivity index (χ1n) is 4.85. The van der Waals surface area contributed by atoms with E-state index in [9.17, 15) is 4.79 Å². The minimum atomic E-state index is -0.864. The molecule has 0 bridgehead atoms. The first-order valence-corrected chi connectivity index (χ1v) is 4.85. The Bertz CT molecular complexity index is 259. The summed E-state index contributed by atoms with van der Waals surface area (Å²) in [6.07, 6.45) is 8.35. The van der Waals surface area contributed by atoms with Crippen LogP contribution in [0.3, 0.4) is 0 Å². The van der Waals surface area contributed by atoms with Gasteiger partial charge in [0.25, 0.3) is 0 Å². The van der Waals surface area contributed by atoms with Gasteiger partial charge in [-0.2, -0.15) is 0 Å². The number of aliphatic carboxylic acids is 1. The van der Waals surface area contributed by atoms with Crippen molar-refractivity contribution in [3.63, 3.8) is 0 Å². The number of unbranched alkanes of at least 4 members (excludes halogenated alkanes) is 1. The van der Waals surface area contributed by atoms with Crippen molar-refractivity contribution in [2.24, 2.45) is 0 Å². The SMILES string of the molecule is C=CC=C(C=C(C)C(=O)O)CCCC. The number of hydrogen-bond acceptors (Lipinski definition) is 1. The molecular formula is C12H18O2. The Morgan fingerprint density at radius 3 is 2.57 bits per heavy atom. The highest BCUT2D eigenvalue weighted by molar-refractivity contribution is 5.86. The first kappa shape index (κ1) is 12.7. The fourth-order valence-electron chi connectivity index (χ4n) is 1.08. The van der Waals surface area contributed by atoms with E-state index in [-0.39, 0.29) is 0 Å². The Morgan fingerprint density at radius 1 is 1.50 bits per heavy atom. The van der Waals surface area contributed by atoms with E-state index in [0.29, 0.717) is 5.57 Å². The largest absolute Gasteiger partial charge is 0.478 e. The van der Waals surface area contributed by atoms with E-state index < -0.39 is 5.97 Å². The third kappa shape index (κ3) is 5.36. The quantitative estimate of drug-likeness (QED) is 0.520. The molecule has 0 heterocycles. The maximum absolute atomic E-state index is 10.6. The van der Waals surface area contributed by atoms with Crippen LogP contribution in [0.15, 0.2) is 36.0 Å². The number of rotatable bonds is 6. The summed E-state index contributed by atoms with van der Waals surface area (Å²) >= 11 is 0. The number of carboxylic acid groups (broad SMARTS) is 1. The zero-order chi connectivity index (χ0) is 11.0. The fraction of sp³-hybridized carbons (Fsp3) is 0.417. The number of carboxylic acids is 1. The molecule has 14 heavy (non-hydrogen) atoms. The standard InChI is InChI=1S/C12H18O2/c1-4-6-8-11(7-5-2)9-10(3)12(13)14/h5,7,9H,2,4,6,8H2,1,3H3,(H,13,14). The summed E-state index contributed by atoms with van der Waals surface area (Å²) in [6.45, 7) is 7.32. The van der Waals surface area contributed by atoms with Gasteiger partial charge in [0.2, 0.25) is 0 Å². The zero-order valence-corrected chi connectivity index (χ0v) is 8.92. The predicted molar refractivity (Wildman–Crippen MR) is 59.2 cm³/mol. The van der Waals surface area contributed by atoms with Gasteiger partial charge in [0.15, 0.2) is 0 Å². The predicted octanol–water partition coefficient (Wildman–Crippen LogP) is 3.32. The van der Waals surface area contributed by atoms with Gasteiger partial charge in [-0.1, -0.05) is 32.1 Å². The molecule has 0 spiro atoms. The summed E-state index contributed by atoms with van der Waals surface area (Å²) in [5.41, 5.74) is 1.40. The van der Waals surface area contributed by atoms with E-state index in [1.54, 1.807) is 19.1 Å². The Balaban J connectivity index is 4.51. The van der Waals surface area contributed by atoms with Gasteiger partial charge in [0.05, 0.1) is 0 Å². The molecule has 0 amide bonds. The molecule has 78 valence electrons. The van der Waals surface area contributed by atoms with Crippen LogP contribution in [0, 0.1) is 0 Å². The summed E-state index contributed by atoms with van der Waals surface area (Å²) < 4.78 is 0. The Kier molecular flexibility index (Phi) is 6.46. The average molecular weight is 194 g/mol. The van der Waals surface area contributed by atoms with Gasteiger partial charge in [-0.3, -0.25) is 0 Å². The lowest BCUT2D eigenvalue weighted by Gasteiger charge is -2.00. The van der Waals surface area contributed by atoms with Crippen molar-refractivity contribution in [3.8, 4) is 0 Å². The van der Waals surface area contributed by atoms with Gasteiger partial charge >= 0.3 is 5.97 Å². The molecule has 0 saturated heterocycles. The van der Waals surface area contributed by atoms with Crippen LogP contribution < -0.4 is 0 Å². The van der Waals surface area contributed by atoms with Crippen molar-refractivity contribution in [3.05, 3.63) is 36.0 Å². The van der Waals surface area contributed by atoms with E-state index >= 15 is 0 Å². The summed E-state index contributed by atoms with van der Waals surface area (Å²) in [6, 6.07) is 0. The van der Waals surface area contributed by atoms with E-state index in [1.807, 2.05) is 6.08 Å². The maximum atomic E-state index is 10.6. The third-order valence-electron chi connectivity index (χ3n) is 1.89. The molecule has 0 rings (SSSR count). The highest BCUT2D eigenvalue weighted by atomic mass is 16.4. The molecular weight excluding hydrogens is 176 g/mol. The van der Waals surface area contributed by atoms with Crippen LogP contribution in [0.5, 0.6) is 0 Å². The first-order chi connectivity index (χ1) is 6.61. The second kappa shape index (κ2) is 7.13. The Labute approximate surface area is 85.6 Å². The minimum absolute atomic E-state index is 0.370. The highest BCUT2D eigenvalue weighted by Gasteiger charge is 2.00. The molecule has 0 atom stereocenters. The van der Waals surface area contributed by atoms with Gasteiger partial charge in [-0.25, -0.2) is 4.79 Å². The zero-order valence-electron chi connectivity index (χ0n) is 8.92. The second-order valence-electron chi connectivity index (χ2n) is 3.21. The average Bonchev–Trinajstić information content (AvgIpc) is 2.14. The molecule has 0 aliphatic rings. The van der Waals surface area contributed by atoms with E-state index in [1.165, 1.54) is 0 Å². The van der Waals surface area contributed by atoms with Gasteiger partial charge in [0, 0.05) is 5.57 Å². The molecule has 0 aromatic carbocycles. The lowest BCUT2D eigenvalue weighted by molar-refractivity contribution is -0.132. The highest BCUT2D eigenvalue weighted by Crippen LogP contribution is 2.11.